The van der Waals surface area contributed by atoms with E-state index in [1.165, 1.54) is 13.0 Å². The third kappa shape index (κ3) is 3.86. The number of esters is 1. The zero-order valence-corrected chi connectivity index (χ0v) is 10.4. The first-order valence-electron chi connectivity index (χ1n) is 4.95. The first kappa shape index (κ1) is 15.3. The predicted octanol–water partition coefficient (Wildman–Crippen LogP) is 3.49. The number of nitriles is 1. The van der Waals surface area contributed by atoms with Gasteiger partial charge in [0.1, 0.15) is 11.6 Å². The lowest BCUT2D eigenvalue weighted by atomic mass is 10.1. The fourth-order valence-electron chi connectivity index (χ4n) is 1.25. The van der Waals surface area contributed by atoms with E-state index in [-0.39, 0.29) is 6.61 Å². The molecule has 0 heterocycles. The average Bonchev–Trinajstić information content (AvgIpc) is 2.27. The van der Waals surface area contributed by atoms with E-state index in [1.54, 1.807) is 0 Å². The molecule has 0 aliphatic rings. The smallest absolute Gasteiger partial charge is 0.446 e. The molecule has 0 atom stereocenters. The summed E-state index contributed by atoms with van der Waals surface area (Å²) in [5.74, 6) is -2.54. The van der Waals surface area contributed by atoms with Crippen LogP contribution in [0, 0.1) is 17.1 Å². The van der Waals surface area contributed by atoms with Crippen LogP contribution in [0.1, 0.15) is 22.8 Å². The van der Waals surface area contributed by atoms with E-state index in [0.29, 0.717) is 0 Å². The molecular weight excluding hydrogens is 286 g/mol. The van der Waals surface area contributed by atoms with Gasteiger partial charge in [0.25, 0.3) is 0 Å². The molecular formula is C11H7F4NO2S. The van der Waals surface area contributed by atoms with Gasteiger partial charge in [-0.2, -0.15) is 18.4 Å². The van der Waals surface area contributed by atoms with Crippen LogP contribution in [0.2, 0.25) is 0 Å². The van der Waals surface area contributed by atoms with Crippen molar-refractivity contribution in [1.29, 1.82) is 5.26 Å². The molecule has 1 aromatic rings. The minimum atomic E-state index is -4.68. The van der Waals surface area contributed by atoms with Crippen molar-refractivity contribution in [2.24, 2.45) is 0 Å². The van der Waals surface area contributed by atoms with Crippen LogP contribution in [0.5, 0.6) is 0 Å². The normalized spacial score (nSPS) is 10.9. The summed E-state index contributed by atoms with van der Waals surface area (Å²) >= 11 is -0.635. The second kappa shape index (κ2) is 5.93. The molecule has 0 aliphatic carbocycles. The number of hydrogen-bond donors (Lipinski definition) is 0. The molecule has 19 heavy (non-hydrogen) atoms. The van der Waals surface area contributed by atoms with Gasteiger partial charge in [-0.3, -0.25) is 0 Å². The fourth-order valence-corrected chi connectivity index (χ4v) is 1.91. The molecule has 102 valence electrons. The molecule has 0 saturated carbocycles. The molecule has 0 N–H and O–H groups in total. The number of benzene rings is 1. The average molecular weight is 293 g/mol. The molecule has 0 unspecified atom stereocenters. The Hall–Kier alpha value is -1.75. The summed E-state index contributed by atoms with van der Waals surface area (Å²) in [7, 11) is 0. The van der Waals surface area contributed by atoms with Gasteiger partial charge in [-0.05, 0) is 30.8 Å². The predicted molar refractivity (Wildman–Crippen MR) is 59.0 cm³/mol. The van der Waals surface area contributed by atoms with Gasteiger partial charge >= 0.3 is 11.5 Å². The number of rotatable bonds is 3. The quantitative estimate of drug-likeness (QED) is 0.486. The molecule has 0 bridgehead atoms. The number of hydrogen-bond acceptors (Lipinski definition) is 4. The van der Waals surface area contributed by atoms with Gasteiger partial charge < -0.3 is 4.74 Å². The lowest BCUT2D eigenvalue weighted by Crippen LogP contribution is -2.12. The Morgan fingerprint density at radius 3 is 2.58 bits per heavy atom. The van der Waals surface area contributed by atoms with E-state index >= 15 is 0 Å². The number of carbonyl (C=O) groups is 1. The van der Waals surface area contributed by atoms with Crippen molar-refractivity contribution < 1.29 is 27.1 Å². The van der Waals surface area contributed by atoms with E-state index in [1.807, 2.05) is 0 Å². The molecule has 0 amide bonds. The van der Waals surface area contributed by atoms with Crippen molar-refractivity contribution in [2.75, 3.05) is 6.61 Å². The van der Waals surface area contributed by atoms with Crippen molar-refractivity contribution in [3.8, 4) is 6.07 Å². The maximum atomic E-state index is 13.8. The maximum Gasteiger partial charge on any atom is 0.446 e. The van der Waals surface area contributed by atoms with Crippen LogP contribution in [0.4, 0.5) is 17.6 Å². The van der Waals surface area contributed by atoms with E-state index in [4.69, 9.17) is 5.26 Å². The van der Waals surface area contributed by atoms with Gasteiger partial charge in [0.05, 0.1) is 12.2 Å². The first-order chi connectivity index (χ1) is 8.80. The molecule has 0 saturated heterocycles. The second-order valence-corrected chi connectivity index (χ2v) is 4.29. The Morgan fingerprint density at radius 1 is 1.47 bits per heavy atom. The number of halogens is 4. The molecule has 0 fully saturated rings. The van der Waals surface area contributed by atoms with Crippen LogP contribution in [0.25, 0.3) is 0 Å². The summed E-state index contributed by atoms with van der Waals surface area (Å²) in [6.07, 6.45) is 0. The summed E-state index contributed by atoms with van der Waals surface area (Å²) < 4.78 is 55.2. The molecule has 3 nitrogen and oxygen atoms in total. The summed E-state index contributed by atoms with van der Waals surface area (Å²) in [6, 6.07) is 3.20. The highest BCUT2D eigenvalue weighted by atomic mass is 32.2. The Kier molecular flexibility index (Phi) is 4.78. The van der Waals surface area contributed by atoms with Crippen molar-refractivity contribution in [3.05, 3.63) is 29.1 Å². The van der Waals surface area contributed by atoms with Gasteiger partial charge in [-0.1, -0.05) is 0 Å². The summed E-state index contributed by atoms with van der Waals surface area (Å²) in [5.41, 5.74) is -6.07. The van der Waals surface area contributed by atoms with Crippen LogP contribution in [-0.2, 0) is 4.74 Å². The number of nitrogens with zero attached hydrogens (tertiary/aromatic N) is 1. The van der Waals surface area contributed by atoms with Gasteiger partial charge in [0.2, 0.25) is 0 Å². The Bertz CT molecular complexity index is 537. The minimum Gasteiger partial charge on any atom is -0.462 e. The standard InChI is InChI=1S/C11H7F4NO2S/c1-2-18-10(17)8-7(19-11(13,14)15)4-3-6(5-16)9(8)12/h3-4H,2H2,1H3. The monoisotopic (exact) mass is 293 g/mol. The van der Waals surface area contributed by atoms with Crippen LogP contribution >= 0.6 is 11.8 Å². The second-order valence-electron chi connectivity index (χ2n) is 3.18. The molecule has 0 aromatic heterocycles. The number of thioether (sulfide) groups is 1. The summed E-state index contributed by atoms with van der Waals surface area (Å²) in [6.45, 7) is 1.31. The van der Waals surface area contributed by atoms with E-state index in [2.05, 4.69) is 4.74 Å². The van der Waals surface area contributed by atoms with Gasteiger partial charge in [-0.15, -0.1) is 0 Å². The van der Waals surface area contributed by atoms with Crippen LogP contribution < -0.4 is 0 Å². The van der Waals surface area contributed by atoms with E-state index < -0.39 is 45.1 Å². The maximum absolute atomic E-state index is 13.8. The topological polar surface area (TPSA) is 50.1 Å². The van der Waals surface area contributed by atoms with Crippen LogP contribution in [0.15, 0.2) is 17.0 Å². The first-order valence-corrected chi connectivity index (χ1v) is 5.77. The zero-order valence-electron chi connectivity index (χ0n) is 9.55. The Labute approximate surface area is 110 Å². The lowest BCUT2D eigenvalue weighted by Gasteiger charge is -2.11. The van der Waals surface area contributed by atoms with E-state index in [9.17, 15) is 22.4 Å². The van der Waals surface area contributed by atoms with Gasteiger partial charge in [0, 0.05) is 4.90 Å². The zero-order chi connectivity index (χ0) is 14.6. The molecule has 8 heteroatoms. The van der Waals surface area contributed by atoms with Crippen molar-refractivity contribution in [2.45, 2.75) is 17.3 Å². The Morgan fingerprint density at radius 2 is 2.11 bits per heavy atom. The molecule has 0 aliphatic heterocycles. The highest BCUT2D eigenvalue weighted by molar-refractivity contribution is 8.00. The summed E-state index contributed by atoms with van der Waals surface area (Å²) in [4.78, 5) is 10.9. The third-order valence-corrected chi connectivity index (χ3v) is 2.72. The SMILES string of the molecule is CCOC(=O)c1c(SC(F)(F)F)ccc(C#N)c1F. The summed E-state index contributed by atoms with van der Waals surface area (Å²) in [5, 5.41) is 8.61. The molecule has 1 rings (SSSR count). The van der Waals surface area contributed by atoms with E-state index in [0.717, 1.165) is 12.1 Å². The lowest BCUT2D eigenvalue weighted by molar-refractivity contribution is -0.0328. The fraction of sp³-hybridized carbons (Fsp3) is 0.273. The highest BCUT2D eigenvalue weighted by Crippen LogP contribution is 2.39. The van der Waals surface area contributed by atoms with Crippen LogP contribution in [0.3, 0.4) is 0 Å². The highest BCUT2D eigenvalue weighted by Gasteiger charge is 2.33. The minimum absolute atomic E-state index is 0.120. The largest absolute Gasteiger partial charge is 0.462 e. The van der Waals surface area contributed by atoms with Gasteiger partial charge in [-0.25, -0.2) is 9.18 Å². The number of carbonyl (C=O) groups excluding carboxylic acids is 1. The number of ether oxygens (including phenoxy) is 1. The molecule has 0 spiro atoms. The van der Waals surface area contributed by atoms with Crippen LogP contribution in [-0.4, -0.2) is 18.1 Å². The van der Waals surface area contributed by atoms with Crippen molar-refractivity contribution in [1.82, 2.24) is 0 Å². The third-order valence-electron chi connectivity index (χ3n) is 1.93. The van der Waals surface area contributed by atoms with Gasteiger partial charge in [0.15, 0.2) is 5.82 Å². The Balaban J connectivity index is 3.35. The van der Waals surface area contributed by atoms with Crippen molar-refractivity contribution >= 4 is 17.7 Å². The molecule has 0 radical (unpaired) electrons. The number of alkyl halides is 3. The van der Waals surface area contributed by atoms with Crippen molar-refractivity contribution in [3.63, 3.8) is 0 Å². The molecule has 1 aromatic carbocycles.